The predicted molar refractivity (Wildman–Crippen MR) is 143 cm³/mol. The molecule has 5 rings (SSSR count). The highest BCUT2D eigenvalue weighted by atomic mass is 35.5. The van der Waals surface area contributed by atoms with Crippen LogP contribution in [0.1, 0.15) is 36.9 Å². The van der Waals surface area contributed by atoms with Gasteiger partial charge in [0.1, 0.15) is 10.8 Å². The zero-order valence-electron chi connectivity index (χ0n) is 20.7. The number of aliphatic hydroxyl groups is 2. The first kappa shape index (κ1) is 24.5. The lowest BCUT2D eigenvalue weighted by molar-refractivity contribution is 0.145. The summed E-state index contributed by atoms with van der Waals surface area (Å²) < 4.78 is 3.28. The number of aryl methyl sites for hydroxylation is 2. The van der Waals surface area contributed by atoms with Gasteiger partial charge in [0.2, 0.25) is 0 Å². The van der Waals surface area contributed by atoms with Crippen molar-refractivity contribution >= 4 is 44.9 Å². The van der Waals surface area contributed by atoms with E-state index in [1.807, 2.05) is 19.1 Å². The van der Waals surface area contributed by atoms with Gasteiger partial charge in [-0.3, -0.25) is 9.36 Å². The van der Waals surface area contributed by atoms with Crippen LogP contribution in [0, 0.1) is 6.92 Å². The maximum Gasteiger partial charge on any atom is 0.259 e. The first-order chi connectivity index (χ1) is 17.3. The fourth-order valence-corrected chi connectivity index (χ4v) is 5.38. The number of piperidine rings is 1. The van der Waals surface area contributed by atoms with Gasteiger partial charge in [0.25, 0.3) is 5.56 Å². The molecule has 1 saturated heterocycles. The van der Waals surface area contributed by atoms with Crippen LogP contribution in [0.15, 0.2) is 35.3 Å². The van der Waals surface area contributed by atoms with Crippen LogP contribution in [-0.4, -0.2) is 55.3 Å². The van der Waals surface area contributed by atoms with Crippen LogP contribution in [-0.2, 0) is 13.6 Å². The van der Waals surface area contributed by atoms with Crippen LogP contribution >= 0.6 is 11.6 Å². The van der Waals surface area contributed by atoms with Crippen LogP contribution in [0.5, 0.6) is 0 Å². The Balaban J connectivity index is 1.62. The molecule has 9 nitrogen and oxygen atoms in total. The molecule has 1 unspecified atom stereocenters. The molecule has 1 fully saturated rings. The molecule has 1 atom stereocenters. The molecule has 3 N–H and O–H groups in total. The fourth-order valence-electron chi connectivity index (χ4n) is 5.24. The van der Waals surface area contributed by atoms with E-state index in [0.29, 0.717) is 48.7 Å². The number of nitrogens with one attached hydrogen (secondary N) is 1. The standard InChI is InChI=1S/C26H31ClN6O3/c1-15-12-18(23-19(13-15)26(36)31(3)25-20(23)14-28-33(25)10-11-34)16(2)29-21-4-5-22(27)30-24(21)32-8-6-17(35)7-9-32/h4-5,12-14,16-17,29,34-35H,6-11H2,1-3H3. The van der Waals surface area contributed by atoms with Crippen LogP contribution < -0.4 is 15.8 Å². The number of rotatable bonds is 6. The Morgan fingerprint density at radius 1 is 1.22 bits per heavy atom. The summed E-state index contributed by atoms with van der Waals surface area (Å²) in [6, 6.07) is 7.55. The van der Waals surface area contributed by atoms with Crippen molar-refractivity contribution in [2.45, 2.75) is 45.4 Å². The average molecular weight is 511 g/mol. The first-order valence-electron chi connectivity index (χ1n) is 12.2. The molecule has 0 amide bonds. The predicted octanol–water partition coefficient (Wildman–Crippen LogP) is 3.37. The third kappa shape index (κ3) is 4.31. The molecule has 10 heteroatoms. The third-order valence-corrected chi connectivity index (χ3v) is 7.21. The Hall–Kier alpha value is -3.14. The highest BCUT2D eigenvalue weighted by molar-refractivity contribution is 6.29. The molecule has 0 saturated carbocycles. The molecule has 190 valence electrons. The number of aliphatic hydroxyl groups excluding tert-OH is 2. The van der Waals surface area contributed by atoms with Gasteiger partial charge in [0.05, 0.1) is 31.1 Å². The number of halogens is 1. The number of nitrogens with zero attached hydrogens (tertiary/aromatic N) is 5. The Labute approximate surface area is 213 Å². The maximum absolute atomic E-state index is 13.4. The van der Waals surface area contributed by atoms with Gasteiger partial charge >= 0.3 is 0 Å². The summed E-state index contributed by atoms with van der Waals surface area (Å²) in [5, 5.41) is 30.3. The molecule has 36 heavy (non-hydrogen) atoms. The number of anilines is 2. The molecule has 3 aromatic heterocycles. The molecule has 0 aliphatic carbocycles. The van der Waals surface area contributed by atoms with E-state index in [1.165, 1.54) is 0 Å². The highest BCUT2D eigenvalue weighted by Gasteiger charge is 2.23. The van der Waals surface area contributed by atoms with Gasteiger partial charge in [-0.1, -0.05) is 17.7 Å². The second-order valence-electron chi connectivity index (χ2n) is 9.56. The van der Waals surface area contributed by atoms with E-state index in [4.69, 9.17) is 11.6 Å². The number of hydrogen-bond donors (Lipinski definition) is 3. The smallest absolute Gasteiger partial charge is 0.259 e. The number of fused-ring (bicyclic) bond motifs is 3. The quantitative estimate of drug-likeness (QED) is 0.341. The van der Waals surface area contributed by atoms with Crippen molar-refractivity contribution in [2.75, 3.05) is 29.9 Å². The minimum Gasteiger partial charge on any atom is -0.394 e. The van der Waals surface area contributed by atoms with Crippen molar-refractivity contribution in [3.8, 4) is 0 Å². The fraction of sp³-hybridized carbons (Fsp3) is 0.423. The third-order valence-electron chi connectivity index (χ3n) is 7.00. The summed E-state index contributed by atoms with van der Waals surface area (Å²) >= 11 is 6.26. The Kier molecular flexibility index (Phi) is 6.63. The molecule has 0 spiro atoms. The summed E-state index contributed by atoms with van der Waals surface area (Å²) in [5.41, 5.74) is 3.39. The molecule has 1 aliphatic rings. The van der Waals surface area contributed by atoms with Gasteiger partial charge in [-0.25, -0.2) is 9.67 Å². The summed E-state index contributed by atoms with van der Waals surface area (Å²) in [4.78, 5) is 20.1. The molecule has 1 aliphatic heterocycles. The number of hydrogen-bond acceptors (Lipinski definition) is 7. The normalized spacial score (nSPS) is 15.7. The van der Waals surface area contributed by atoms with Gasteiger partial charge in [-0.2, -0.15) is 5.10 Å². The number of benzene rings is 1. The maximum atomic E-state index is 13.4. The summed E-state index contributed by atoms with van der Waals surface area (Å²) in [6.45, 7) is 5.69. The lowest BCUT2D eigenvalue weighted by atomic mass is 9.95. The van der Waals surface area contributed by atoms with E-state index in [-0.39, 0.29) is 24.3 Å². The molecule has 4 aromatic rings. The zero-order valence-corrected chi connectivity index (χ0v) is 21.5. The van der Waals surface area contributed by atoms with E-state index in [1.54, 1.807) is 28.6 Å². The Morgan fingerprint density at radius 2 is 1.97 bits per heavy atom. The SMILES string of the molecule is Cc1cc(C(C)Nc2ccc(Cl)nc2N2CCC(O)CC2)c2c(c1)c(=O)n(C)c1c2cnn1CCO. The zero-order chi connectivity index (χ0) is 25.6. The van der Waals surface area contributed by atoms with Crippen LogP contribution in [0.4, 0.5) is 11.5 Å². The second kappa shape index (κ2) is 9.72. The Morgan fingerprint density at radius 3 is 2.69 bits per heavy atom. The Bertz CT molecular complexity index is 1490. The van der Waals surface area contributed by atoms with Crippen molar-refractivity contribution in [1.29, 1.82) is 0 Å². The largest absolute Gasteiger partial charge is 0.394 e. The van der Waals surface area contributed by atoms with Crippen LogP contribution in [0.25, 0.3) is 21.8 Å². The van der Waals surface area contributed by atoms with Crippen molar-refractivity contribution < 1.29 is 10.2 Å². The van der Waals surface area contributed by atoms with Gasteiger partial charge in [-0.05, 0) is 56.0 Å². The van der Waals surface area contributed by atoms with Gasteiger partial charge in [0.15, 0.2) is 5.82 Å². The van der Waals surface area contributed by atoms with E-state index in [0.717, 1.165) is 33.4 Å². The van der Waals surface area contributed by atoms with E-state index >= 15 is 0 Å². The molecule has 1 aromatic carbocycles. The minimum atomic E-state index is -0.286. The van der Waals surface area contributed by atoms with Gasteiger partial charge in [-0.15, -0.1) is 0 Å². The van der Waals surface area contributed by atoms with Crippen molar-refractivity contribution in [2.24, 2.45) is 7.05 Å². The number of aromatic nitrogens is 4. The van der Waals surface area contributed by atoms with Crippen molar-refractivity contribution in [1.82, 2.24) is 19.3 Å². The minimum absolute atomic E-state index is 0.0679. The molecular weight excluding hydrogens is 480 g/mol. The van der Waals surface area contributed by atoms with E-state index in [9.17, 15) is 15.0 Å². The molecule has 0 bridgehead atoms. The van der Waals surface area contributed by atoms with Crippen LogP contribution in [0.2, 0.25) is 5.15 Å². The lowest BCUT2D eigenvalue weighted by Gasteiger charge is -2.32. The lowest BCUT2D eigenvalue weighted by Crippen LogP contribution is -2.36. The van der Waals surface area contributed by atoms with Crippen molar-refractivity contribution in [3.05, 3.63) is 57.1 Å². The van der Waals surface area contributed by atoms with E-state index in [2.05, 4.69) is 33.3 Å². The van der Waals surface area contributed by atoms with Crippen molar-refractivity contribution in [3.63, 3.8) is 0 Å². The second-order valence-corrected chi connectivity index (χ2v) is 9.95. The highest BCUT2D eigenvalue weighted by Crippen LogP contribution is 2.35. The molecule has 4 heterocycles. The van der Waals surface area contributed by atoms with Crippen LogP contribution in [0.3, 0.4) is 0 Å². The molecular formula is C26H31ClN6O3. The topological polar surface area (TPSA) is 108 Å². The van der Waals surface area contributed by atoms with Gasteiger partial charge < -0.3 is 20.4 Å². The first-order valence-corrected chi connectivity index (χ1v) is 12.6. The summed E-state index contributed by atoms with van der Waals surface area (Å²) in [5.74, 6) is 0.759. The molecule has 0 radical (unpaired) electrons. The average Bonchev–Trinajstić information content (AvgIpc) is 3.27. The van der Waals surface area contributed by atoms with E-state index < -0.39 is 0 Å². The van der Waals surface area contributed by atoms with Gasteiger partial charge in [0, 0.05) is 42.3 Å². The number of pyridine rings is 2. The summed E-state index contributed by atoms with van der Waals surface area (Å²) in [6.07, 6.45) is 2.86. The summed E-state index contributed by atoms with van der Waals surface area (Å²) in [7, 11) is 1.74. The monoisotopic (exact) mass is 510 g/mol.